The van der Waals surface area contributed by atoms with E-state index < -0.39 is 18.2 Å². The summed E-state index contributed by atoms with van der Waals surface area (Å²) < 4.78 is 23.8. The van der Waals surface area contributed by atoms with Gasteiger partial charge in [0.1, 0.15) is 0 Å². The zero-order chi connectivity index (χ0) is 12.1. The first-order valence-corrected chi connectivity index (χ1v) is 4.65. The van der Waals surface area contributed by atoms with Gasteiger partial charge in [-0.1, -0.05) is 24.3 Å². The van der Waals surface area contributed by atoms with Crippen LogP contribution in [0.2, 0.25) is 0 Å². The van der Waals surface area contributed by atoms with Crippen LogP contribution in [0.5, 0.6) is 0 Å². The molecule has 0 spiro atoms. The number of alkyl halides is 2. The minimum atomic E-state index is -2.36. The molecule has 86 valence electrons. The molecule has 1 aromatic carbocycles. The molecule has 1 rings (SSSR count). The minimum absolute atomic E-state index is 0.0493. The average molecular weight is 228 g/mol. The largest absolute Gasteiger partial charge is 0.475 e. The lowest BCUT2D eigenvalue weighted by atomic mass is 10.1. The van der Waals surface area contributed by atoms with E-state index in [9.17, 15) is 18.4 Å². The summed E-state index contributed by atoms with van der Waals surface area (Å²) >= 11 is 0. The van der Waals surface area contributed by atoms with Crippen LogP contribution in [0.25, 0.3) is 0 Å². The Bertz CT molecular complexity index is 385. The summed E-state index contributed by atoms with van der Waals surface area (Å²) in [4.78, 5) is 21.4. The number of rotatable bonds is 5. The number of hydrogen-bond donors (Lipinski definition) is 1. The summed E-state index contributed by atoms with van der Waals surface area (Å²) in [7, 11) is 0. The quantitative estimate of drug-likeness (QED) is 0.620. The third kappa shape index (κ3) is 3.42. The van der Waals surface area contributed by atoms with Crippen LogP contribution < -0.4 is 0 Å². The summed E-state index contributed by atoms with van der Waals surface area (Å²) in [6.07, 6.45) is -2.40. The standard InChI is InChI=1S/C11H10F2O3/c12-9(13)6-3-7-1-4-8(5-2-7)10(14)11(15)16/h1-2,4-5,9H,3,6H2,(H,15,16). The van der Waals surface area contributed by atoms with E-state index in [0.29, 0.717) is 5.56 Å². The van der Waals surface area contributed by atoms with Gasteiger partial charge in [0, 0.05) is 12.0 Å². The molecule has 0 bridgehead atoms. The monoisotopic (exact) mass is 228 g/mol. The molecule has 1 N–H and O–H groups in total. The molecule has 3 nitrogen and oxygen atoms in total. The van der Waals surface area contributed by atoms with E-state index in [4.69, 9.17) is 5.11 Å². The van der Waals surface area contributed by atoms with Crippen LogP contribution in [0, 0.1) is 0 Å². The van der Waals surface area contributed by atoms with Crippen molar-refractivity contribution in [3.05, 3.63) is 35.4 Å². The Kier molecular flexibility index (Phi) is 4.10. The Morgan fingerprint density at radius 1 is 1.19 bits per heavy atom. The maximum atomic E-state index is 11.9. The Morgan fingerprint density at radius 2 is 1.75 bits per heavy atom. The predicted octanol–water partition coefficient (Wildman–Crippen LogP) is 2.15. The number of Topliss-reactive ketones (excluding diaryl/α,β-unsaturated/α-hetero) is 1. The van der Waals surface area contributed by atoms with Gasteiger partial charge in [-0.15, -0.1) is 0 Å². The van der Waals surface area contributed by atoms with Gasteiger partial charge in [0.2, 0.25) is 6.43 Å². The summed E-state index contributed by atoms with van der Waals surface area (Å²) in [5.74, 6) is -2.53. The first kappa shape index (κ1) is 12.3. The van der Waals surface area contributed by atoms with Gasteiger partial charge in [-0.05, 0) is 12.0 Å². The Hall–Kier alpha value is -1.78. The molecule has 0 amide bonds. The first-order valence-electron chi connectivity index (χ1n) is 4.65. The SMILES string of the molecule is O=C(O)C(=O)c1ccc(CCC(F)F)cc1. The van der Waals surface area contributed by atoms with E-state index in [0.717, 1.165) is 0 Å². The summed E-state index contributed by atoms with van der Waals surface area (Å²) in [6.45, 7) is 0. The molecule has 0 fully saturated rings. The van der Waals surface area contributed by atoms with Crippen molar-refractivity contribution in [3.63, 3.8) is 0 Å². The number of aliphatic carboxylic acids is 1. The normalized spacial score (nSPS) is 10.4. The van der Waals surface area contributed by atoms with Gasteiger partial charge in [-0.2, -0.15) is 0 Å². The van der Waals surface area contributed by atoms with E-state index in [2.05, 4.69) is 0 Å². The van der Waals surface area contributed by atoms with Crippen molar-refractivity contribution in [3.8, 4) is 0 Å². The average Bonchev–Trinajstić information content (AvgIpc) is 2.26. The highest BCUT2D eigenvalue weighted by atomic mass is 19.3. The van der Waals surface area contributed by atoms with E-state index in [1.807, 2.05) is 0 Å². The van der Waals surface area contributed by atoms with Crippen LogP contribution in [-0.2, 0) is 11.2 Å². The molecule has 0 aliphatic heterocycles. The molecule has 0 saturated heterocycles. The topological polar surface area (TPSA) is 54.4 Å². The van der Waals surface area contributed by atoms with E-state index in [1.54, 1.807) is 0 Å². The molecule has 0 atom stereocenters. The van der Waals surface area contributed by atoms with Crippen LogP contribution in [-0.4, -0.2) is 23.3 Å². The molecule has 5 heteroatoms. The summed E-state index contributed by atoms with van der Waals surface area (Å²) in [5, 5.41) is 8.43. The van der Waals surface area contributed by atoms with Crippen molar-refractivity contribution in [2.45, 2.75) is 19.3 Å². The third-order valence-electron chi connectivity index (χ3n) is 2.06. The van der Waals surface area contributed by atoms with Crippen molar-refractivity contribution in [2.75, 3.05) is 0 Å². The number of halogens is 2. The number of ketones is 1. The molecule has 16 heavy (non-hydrogen) atoms. The van der Waals surface area contributed by atoms with E-state index >= 15 is 0 Å². The van der Waals surface area contributed by atoms with Crippen molar-refractivity contribution in [1.82, 2.24) is 0 Å². The molecule has 0 unspecified atom stereocenters. The lowest BCUT2D eigenvalue weighted by molar-refractivity contribution is -0.131. The maximum Gasteiger partial charge on any atom is 0.377 e. The highest BCUT2D eigenvalue weighted by Crippen LogP contribution is 2.10. The summed E-state index contributed by atoms with van der Waals surface area (Å²) in [6, 6.07) is 5.63. The molecular formula is C11H10F2O3. The molecule has 1 aromatic rings. The number of benzene rings is 1. The molecule has 0 aromatic heterocycles. The Morgan fingerprint density at radius 3 is 2.19 bits per heavy atom. The van der Waals surface area contributed by atoms with Gasteiger partial charge in [-0.3, -0.25) is 4.79 Å². The molecule has 0 aliphatic rings. The van der Waals surface area contributed by atoms with Gasteiger partial charge in [0.05, 0.1) is 0 Å². The van der Waals surface area contributed by atoms with Crippen LogP contribution in [0.15, 0.2) is 24.3 Å². The maximum absolute atomic E-state index is 11.9. The highest BCUT2D eigenvalue weighted by Gasteiger charge is 2.13. The van der Waals surface area contributed by atoms with Crippen molar-refractivity contribution in [1.29, 1.82) is 0 Å². The number of hydrogen-bond acceptors (Lipinski definition) is 2. The molecule has 0 heterocycles. The number of carbonyl (C=O) groups excluding carboxylic acids is 1. The minimum Gasteiger partial charge on any atom is -0.475 e. The van der Waals surface area contributed by atoms with Gasteiger partial charge >= 0.3 is 5.97 Å². The second-order valence-corrected chi connectivity index (χ2v) is 3.26. The highest BCUT2D eigenvalue weighted by molar-refractivity contribution is 6.39. The second-order valence-electron chi connectivity index (χ2n) is 3.26. The zero-order valence-corrected chi connectivity index (χ0v) is 8.32. The van der Waals surface area contributed by atoms with Gasteiger partial charge in [-0.25, -0.2) is 13.6 Å². The molecule has 0 saturated carbocycles. The fraction of sp³-hybridized carbons (Fsp3) is 0.273. The lowest BCUT2D eigenvalue weighted by Crippen LogP contribution is -2.12. The lowest BCUT2D eigenvalue weighted by Gasteiger charge is -2.01. The first-order chi connectivity index (χ1) is 7.50. The van der Waals surface area contributed by atoms with Crippen LogP contribution >= 0.6 is 0 Å². The van der Waals surface area contributed by atoms with Gasteiger partial charge in [0.25, 0.3) is 5.78 Å². The van der Waals surface area contributed by atoms with Crippen molar-refractivity contribution in [2.24, 2.45) is 0 Å². The number of carbonyl (C=O) groups is 2. The van der Waals surface area contributed by atoms with E-state index in [1.165, 1.54) is 24.3 Å². The van der Waals surface area contributed by atoms with Gasteiger partial charge in [0.15, 0.2) is 0 Å². The predicted molar refractivity (Wildman–Crippen MR) is 52.7 cm³/mol. The van der Waals surface area contributed by atoms with Gasteiger partial charge < -0.3 is 5.11 Å². The second kappa shape index (κ2) is 5.34. The van der Waals surface area contributed by atoms with Crippen molar-refractivity contribution < 1.29 is 23.5 Å². The number of carboxylic acid groups (broad SMARTS) is 1. The molecular weight excluding hydrogens is 218 g/mol. The van der Waals surface area contributed by atoms with Crippen LogP contribution in [0.3, 0.4) is 0 Å². The molecule has 0 aliphatic carbocycles. The number of aryl methyl sites for hydroxylation is 1. The van der Waals surface area contributed by atoms with Crippen LogP contribution in [0.1, 0.15) is 22.3 Å². The zero-order valence-electron chi connectivity index (χ0n) is 8.32. The fourth-order valence-corrected chi connectivity index (χ4v) is 1.22. The Balaban J connectivity index is 2.68. The number of carboxylic acids is 1. The van der Waals surface area contributed by atoms with E-state index in [-0.39, 0.29) is 18.4 Å². The van der Waals surface area contributed by atoms with Crippen LogP contribution in [0.4, 0.5) is 8.78 Å². The smallest absolute Gasteiger partial charge is 0.377 e. The third-order valence-corrected chi connectivity index (χ3v) is 2.06. The molecule has 0 radical (unpaired) electrons. The summed E-state index contributed by atoms with van der Waals surface area (Å²) in [5.41, 5.74) is 0.704. The fourth-order valence-electron chi connectivity index (χ4n) is 1.22. The van der Waals surface area contributed by atoms with Crippen molar-refractivity contribution >= 4 is 11.8 Å². The Labute approximate surface area is 90.7 Å².